The SMILES string of the molecule is CCOc1ccccc1C=NNC(=O)CCc1c[nH]c2ccccc12. The fourth-order valence-corrected chi connectivity index (χ4v) is 2.69. The van der Waals surface area contributed by atoms with Gasteiger partial charge in [-0.1, -0.05) is 30.3 Å². The fraction of sp³-hybridized carbons (Fsp3) is 0.200. The van der Waals surface area contributed by atoms with Crippen molar-refractivity contribution < 1.29 is 9.53 Å². The van der Waals surface area contributed by atoms with E-state index in [2.05, 4.69) is 21.6 Å². The van der Waals surface area contributed by atoms with Crippen molar-refractivity contribution in [3.05, 3.63) is 65.9 Å². The number of aromatic nitrogens is 1. The Hall–Kier alpha value is -3.08. The molecule has 0 atom stereocenters. The Kier molecular flexibility index (Phi) is 5.46. The van der Waals surface area contributed by atoms with Gasteiger partial charge < -0.3 is 9.72 Å². The maximum absolute atomic E-state index is 12.0. The van der Waals surface area contributed by atoms with Gasteiger partial charge in [0.15, 0.2) is 0 Å². The highest BCUT2D eigenvalue weighted by molar-refractivity contribution is 5.86. The van der Waals surface area contributed by atoms with Gasteiger partial charge in [0.05, 0.1) is 12.8 Å². The number of H-pyrrole nitrogens is 1. The van der Waals surface area contributed by atoms with Crippen molar-refractivity contribution in [2.75, 3.05) is 6.61 Å². The molecule has 0 aliphatic carbocycles. The molecule has 0 radical (unpaired) electrons. The van der Waals surface area contributed by atoms with Crippen LogP contribution in [0.15, 0.2) is 59.8 Å². The van der Waals surface area contributed by atoms with Crippen LogP contribution >= 0.6 is 0 Å². The summed E-state index contributed by atoms with van der Waals surface area (Å²) in [7, 11) is 0. The van der Waals surface area contributed by atoms with Gasteiger partial charge in [-0.2, -0.15) is 5.10 Å². The fourth-order valence-electron chi connectivity index (χ4n) is 2.69. The standard InChI is InChI=1S/C20H21N3O2/c1-2-25-19-10-6-3-7-16(19)14-22-23-20(24)12-11-15-13-21-18-9-5-4-8-17(15)18/h3-10,13-14,21H,2,11-12H2,1H3,(H,23,24). The Labute approximate surface area is 146 Å². The largest absolute Gasteiger partial charge is 0.493 e. The van der Waals surface area contributed by atoms with Gasteiger partial charge >= 0.3 is 0 Å². The zero-order valence-corrected chi connectivity index (χ0v) is 14.2. The van der Waals surface area contributed by atoms with E-state index in [-0.39, 0.29) is 5.91 Å². The molecule has 2 N–H and O–H groups in total. The van der Waals surface area contributed by atoms with Crippen LogP contribution in [0, 0.1) is 0 Å². The molecule has 0 spiro atoms. The lowest BCUT2D eigenvalue weighted by Crippen LogP contribution is -2.17. The molecule has 0 unspecified atom stereocenters. The van der Waals surface area contributed by atoms with Gasteiger partial charge in [0.1, 0.15) is 5.75 Å². The summed E-state index contributed by atoms with van der Waals surface area (Å²) in [6, 6.07) is 15.7. The molecule has 0 saturated heterocycles. The van der Waals surface area contributed by atoms with Crippen molar-refractivity contribution in [2.24, 2.45) is 5.10 Å². The molecule has 1 heterocycles. The highest BCUT2D eigenvalue weighted by Gasteiger charge is 2.06. The zero-order chi connectivity index (χ0) is 17.5. The van der Waals surface area contributed by atoms with Crippen LogP contribution in [0.2, 0.25) is 0 Å². The summed E-state index contributed by atoms with van der Waals surface area (Å²) in [6.45, 7) is 2.52. The van der Waals surface area contributed by atoms with E-state index in [0.29, 0.717) is 19.4 Å². The quantitative estimate of drug-likeness (QED) is 0.511. The number of nitrogens with one attached hydrogen (secondary N) is 2. The monoisotopic (exact) mass is 335 g/mol. The Bertz CT molecular complexity index is 883. The van der Waals surface area contributed by atoms with Crippen LogP contribution in [0.4, 0.5) is 0 Å². The second-order valence-corrected chi connectivity index (χ2v) is 5.62. The minimum absolute atomic E-state index is 0.115. The molecule has 2 aromatic carbocycles. The number of aromatic amines is 1. The first-order valence-corrected chi connectivity index (χ1v) is 8.36. The lowest BCUT2D eigenvalue weighted by molar-refractivity contribution is -0.121. The number of carbonyl (C=O) groups excluding carboxylic acids is 1. The first-order valence-electron chi connectivity index (χ1n) is 8.36. The average molecular weight is 335 g/mol. The van der Waals surface area contributed by atoms with Crippen LogP contribution in [0.1, 0.15) is 24.5 Å². The molecule has 0 aliphatic rings. The molecule has 3 aromatic rings. The second kappa shape index (κ2) is 8.15. The van der Waals surface area contributed by atoms with Crippen LogP contribution in [0.5, 0.6) is 5.75 Å². The summed E-state index contributed by atoms with van der Waals surface area (Å²) in [5, 5.41) is 5.19. The molecule has 128 valence electrons. The highest BCUT2D eigenvalue weighted by atomic mass is 16.5. The average Bonchev–Trinajstić information content (AvgIpc) is 3.05. The molecule has 0 fully saturated rings. The van der Waals surface area contributed by atoms with Gasteiger partial charge in [0.25, 0.3) is 0 Å². The van der Waals surface area contributed by atoms with E-state index < -0.39 is 0 Å². The third kappa shape index (κ3) is 4.26. The number of ether oxygens (including phenoxy) is 1. The van der Waals surface area contributed by atoms with E-state index in [4.69, 9.17) is 4.74 Å². The van der Waals surface area contributed by atoms with E-state index in [1.807, 2.05) is 55.6 Å². The van der Waals surface area contributed by atoms with Crippen LogP contribution in [0.3, 0.4) is 0 Å². The molecule has 0 aliphatic heterocycles. The Balaban J connectivity index is 1.55. The molecule has 3 rings (SSSR count). The number of nitrogens with zero attached hydrogens (tertiary/aromatic N) is 1. The van der Waals surface area contributed by atoms with Gasteiger partial charge in [-0.15, -0.1) is 0 Å². The second-order valence-electron chi connectivity index (χ2n) is 5.62. The molecular formula is C20H21N3O2. The van der Waals surface area contributed by atoms with Gasteiger partial charge in [-0.05, 0) is 37.1 Å². The van der Waals surface area contributed by atoms with Gasteiger partial charge in [0.2, 0.25) is 5.91 Å². The van der Waals surface area contributed by atoms with Gasteiger partial charge in [-0.25, -0.2) is 5.43 Å². The van der Waals surface area contributed by atoms with Crippen LogP contribution in [-0.2, 0) is 11.2 Å². The normalized spacial score (nSPS) is 11.1. The van der Waals surface area contributed by atoms with Gasteiger partial charge in [0, 0.05) is 29.1 Å². The summed E-state index contributed by atoms with van der Waals surface area (Å²) >= 11 is 0. The summed E-state index contributed by atoms with van der Waals surface area (Å²) in [5.41, 5.74) is 5.63. The lowest BCUT2D eigenvalue weighted by atomic mass is 10.1. The number of para-hydroxylation sites is 2. The zero-order valence-electron chi connectivity index (χ0n) is 14.2. The third-order valence-corrected chi connectivity index (χ3v) is 3.91. The highest BCUT2D eigenvalue weighted by Crippen LogP contribution is 2.19. The molecule has 25 heavy (non-hydrogen) atoms. The predicted octanol–water partition coefficient (Wildman–Crippen LogP) is 3.65. The van der Waals surface area contributed by atoms with Crippen molar-refractivity contribution in [1.82, 2.24) is 10.4 Å². The number of rotatable bonds is 7. The minimum atomic E-state index is -0.115. The van der Waals surface area contributed by atoms with E-state index in [1.54, 1.807) is 6.21 Å². The number of hydrazone groups is 1. The van der Waals surface area contributed by atoms with E-state index in [1.165, 1.54) is 0 Å². The summed E-state index contributed by atoms with van der Waals surface area (Å²) in [6.07, 6.45) is 4.61. The summed E-state index contributed by atoms with van der Waals surface area (Å²) in [4.78, 5) is 15.2. The Morgan fingerprint density at radius 3 is 2.88 bits per heavy atom. The topological polar surface area (TPSA) is 66.5 Å². The van der Waals surface area contributed by atoms with E-state index >= 15 is 0 Å². The number of amides is 1. The molecular weight excluding hydrogens is 314 g/mol. The molecule has 0 bridgehead atoms. The van der Waals surface area contributed by atoms with E-state index in [9.17, 15) is 4.79 Å². The van der Waals surface area contributed by atoms with Crippen molar-refractivity contribution in [2.45, 2.75) is 19.8 Å². The predicted molar refractivity (Wildman–Crippen MR) is 100.0 cm³/mol. The van der Waals surface area contributed by atoms with Crippen molar-refractivity contribution in [3.8, 4) is 5.75 Å². The number of benzene rings is 2. The van der Waals surface area contributed by atoms with Crippen LogP contribution < -0.4 is 10.2 Å². The summed E-state index contributed by atoms with van der Waals surface area (Å²) in [5.74, 6) is 0.636. The third-order valence-electron chi connectivity index (χ3n) is 3.91. The van der Waals surface area contributed by atoms with Gasteiger partial charge in [-0.3, -0.25) is 4.79 Å². The van der Waals surface area contributed by atoms with Crippen molar-refractivity contribution >= 4 is 23.0 Å². The first-order chi connectivity index (χ1) is 12.3. The maximum atomic E-state index is 12.0. The molecule has 5 heteroatoms. The first kappa shape index (κ1) is 16.8. The van der Waals surface area contributed by atoms with E-state index in [0.717, 1.165) is 27.8 Å². The molecule has 1 aromatic heterocycles. The van der Waals surface area contributed by atoms with Crippen LogP contribution in [0.25, 0.3) is 10.9 Å². The minimum Gasteiger partial charge on any atom is -0.493 e. The van der Waals surface area contributed by atoms with Crippen LogP contribution in [-0.4, -0.2) is 23.7 Å². The number of hydrogen-bond acceptors (Lipinski definition) is 3. The molecule has 0 saturated carbocycles. The number of carbonyl (C=O) groups is 1. The Morgan fingerprint density at radius 2 is 2.00 bits per heavy atom. The number of aryl methyl sites for hydroxylation is 1. The Morgan fingerprint density at radius 1 is 1.20 bits per heavy atom. The smallest absolute Gasteiger partial charge is 0.240 e. The lowest BCUT2D eigenvalue weighted by Gasteiger charge is -2.05. The molecule has 1 amide bonds. The van der Waals surface area contributed by atoms with Crippen molar-refractivity contribution in [3.63, 3.8) is 0 Å². The summed E-state index contributed by atoms with van der Waals surface area (Å²) < 4.78 is 5.52. The van der Waals surface area contributed by atoms with Crippen molar-refractivity contribution in [1.29, 1.82) is 0 Å². The molecule has 5 nitrogen and oxygen atoms in total. The number of hydrogen-bond donors (Lipinski definition) is 2. The maximum Gasteiger partial charge on any atom is 0.240 e. The number of fused-ring (bicyclic) bond motifs is 1.